The Balaban J connectivity index is 1.60. The molecule has 5 heteroatoms. The number of phenolic OH excluding ortho intramolecular Hbond substituents is 1. The van der Waals surface area contributed by atoms with Gasteiger partial charge in [0.2, 0.25) is 0 Å². The number of para-hydroxylation sites is 1. The lowest BCUT2D eigenvalue weighted by atomic mass is 9.93. The number of carbonyl (C=O) groups is 1. The first-order valence-corrected chi connectivity index (χ1v) is 10.2. The second-order valence-corrected chi connectivity index (χ2v) is 7.33. The third-order valence-electron chi connectivity index (χ3n) is 5.29. The van der Waals surface area contributed by atoms with Crippen molar-refractivity contribution in [1.82, 2.24) is 9.97 Å². The van der Waals surface area contributed by atoms with Gasteiger partial charge in [-0.05, 0) is 59.7 Å². The molecule has 32 heavy (non-hydrogen) atoms. The van der Waals surface area contributed by atoms with Crippen LogP contribution in [0.1, 0.15) is 10.4 Å². The number of nitrogens with zero attached hydrogens (tertiary/aromatic N) is 2. The molecule has 5 nitrogen and oxygen atoms in total. The molecule has 0 aliphatic heterocycles. The highest BCUT2D eigenvalue weighted by atomic mass is 16.3. The molecule has 0 fully saturated rings. The summed E-state index contributed by atoms with van der Waals surface area (Å²) in [6.07, 6.45) is 3.43. The number of rotatable bonds is 4. The first kappa shape index (κ1) is 19.5. The quantitative estimate of drug-likeness (QED) is 0.380. The van der Waals surface area contributed by atoms with Crippen LogP contribution in [-0.2, 0) is 0 Å². The van der Waals surface area contributed by atoms with E-state index in [9.17, 15) is 9.90 Å². The smallest absolute Gasteiger partial charge is 0.256 e. The zero-order valence-electron chi connectivity index (χ0n) is 17.1. The summed E-state index contributed by atoms with van der Waals surface area (Å²) in [5, 5.41) is 14.2. The normalized spacial score (nSPS) is 10.8. The fraction of sp³-hybridized carbons (Fsp3) is 0. The second kappa shape index (κ2) is 8.32. The maximum atomic E-state index is 13.4. The van der Waals surface area contributed by atoms with Crippen molar-refractivity contribution < 1.29 is 9.90 Å². The number of amides is 1. The van der Waals surface area contributed by atoms with Crippen LogP contribution < -0.4 is 5.32 Å². The Hall–Kier alpha value is -4.51. The molecule has 0 aliphatic rings. The number of nitrogens with one attached hydrogen (secondary N) is 1. The van der Waals surface area contributed by atoms with Gasteiger partial charge in [-0.1, -0.05) is 42.5 Å². The summed E-state index contributed by atoms with van der Waals surface area (Å²) < 4.78 is 0. The number of phenols is 1. The minimum atomic E-state index is -0.255. The first-order chi connectivity index (χ1) is 15.7. The molecule has 0 atom stereocenters. The maximum Gasteiger partial charge on any atom is 0.256 e. The van der Waals surface area contributed by atoms with Crippen LogP contribution in [0.3, 0.4) is 0 Å². The molecular weight excluding hydrogens is 398 g/mol. The Labute approximate surface area is 185 Å². The Bertz CT molecular complexity index is 1430. The standard InChI is InChI=1S/C27H19N3O2/c31-19-13-14-21(24-11-3-4-15-28-24)23(17-19)20-9-1-2-10-22(20)27(32)30-25-12-5-7-18-8-6-16-29-26(18)25/h1-17,31H,(H,30,32). The molecular formula is C27H19N3O2. The Morgan fingerprint density at radius 2 is 1.53 bits per heavy atom. The van der Waals surface area contributed by atoms with E-state index in [0.717, 1.165) is 27.7 Å². The zero-order valence-corrected chi connectivity index (χ0v) is 17.1. The molecule has 5 aromatic rings. The van der Waals surface area contributed by atoms with E-state index >= 15 is 0 Å². The lowest BCUT2D eigenvalue weighted by Crippen LogP contribution is -2.13. The molecule has 3 aromatic carbocycles. The number of carbonyl (C=O) groups excluding carboxylic acids is 1. The fourth-order valence-electron chi connectivity index (χ4n) is 3.81. The van der Waals surface area contributed by atoms with E-state index in [-0.39, 0.29) is 11.7 Å². The van der Waals surface area contributed by atoms with E-state index in [1.54, 1.807) is 30.6 Å². The van der Waals surface area contributed by atoms with Gasteiger partial charge in [-0.2, -0.15) is 0 Å². The fourth-order valence-corrected chi connectivity index (χ4v) is 3.81. The molecule has 0 saturated carbocycles. The van der Waals surface area contributed by atoms with Crippen LogP contribution in [0.25, 0.3) is 33.3 Å². The average Bonchev–Trinajstić information content (AvgIpc) is 2.85. The predicted octanol–water partition coefficient (Wildman–Crippen LogP) is 5.92. The predicted molar refractivity (Wildman–Crippen MR) is 126 cm³/mol. The summed E-state index contributed by atoms with van der Waals surface area (Å²) in [7, 11) is 0. The van der Waals surface area contributed by atoms with Crippen molar-refractivity contribution in [2.45, 2.75) is 0 Å². The number of fused-ring (bicyclic) bond motifs is 1. The Morgan fingerprint density at radius 3 is 2.41 bits per heavy atom. The molecule has 0 spiro atoms. The van der Waals surface area contributed by atoms with Crippen molar-refractivity contribution in [2.75, 3.05) is 5.32 Å². The third kappa shape index (κ3) is 3.68. The Kier molecular flexibility index (Phi) is 5.06. The molecule has 1 amide bonds. The van der Waals surface area contributed by atoms with E-state index in [2.05, 4.69) is 15.3 Å². The molecule has 0 aliphatic carbocycles. The number of hydrogen-bond acceptors (Lipinski definition) is 4. The van der Waals surface area contributed by atoms with Gasteiger partial charge in [-0.25, -0.2) is 0 Å². The van der Waals surface area contributed by atoms with E-state index < -0.39 is 0 Å². The van der Waals surface area contributed by atoms with Gasteiger partial charge in [0.15, 0.2) is 0 Å². The van der Waals surface area contributed by atoms with Crippen molar-refractivity contribution in [3.63, 3.8) is 0 Å². The molecule has 0 bridgehead atoms. The van der Waals surface area contributed by atoms with Crippen molar-refractivity contribution in [2.24, 2.45) is 0 Å². The summed E-state index contributed by atoms with van der Waals surface area (Å²) in [5.74, 6) is -0.137. The van der Waals surface area contributed by atoms with Gasteiger partial charge in [-0.3, -0.25) is 14.8 Å². The number of anilines is 1. The van der Waals surface area contributed by atoms with Gasteiger partial charge in [0.05, 0.1) is 16.9 Å². The minimum absolute atomic E-state index is 0.119. The second-order valence-electron chi connectivity index (χ2n) is 7.33. The highest BCUT2D eigenvalue weighted by molar-refractivity contribution is 6.12. The topological polar surface area (TPSA) is 75.1 Å². The van der Waals surface area contributed by atoms with Crippen LogP contribution in [0.4, 0.5) is 5.69 Å². The molecule has 2 aromatic heterocycles. The van der Waals surface area contributed by atoms with Crippen LogP contribution in [0, 0.1) is 0 Å². The zero-order chi connectivity index (χ0) is 21.9. The van der Waals surface area contributed by atoms with Crippen molar-refractivity contribution in [3.05, 3.63) is 109 Å². The van der Waals surface area contributed by atoms with E-state index in [1.165, 1.54) is 0 Å². The van der Waals surface area contributed by atoms with Crippen molar-refractivity contribution >= 4 is 22.5 Å². The molecule has 2 N–H and O–H groups in total. The van der Waals surface area contributed by atoms with Gasteiger partial charge >= 0.3 is 0 Å². The molecule has 5 rings (SSSR count). The largest absolute Gasteiger partial charge is 0.508 e. The van der Waals surface area contributed by atoms with Gasteiger partial charge in [0, 0.05) is 28.9 Å². The summed E-state index contributed by atoms with van der Waals surface area (Å²) in [5.41, 5.74) is 4.88. The van der Waals surface area contributed by atoms with Crippen molar-refractivity contribution in [1.29, 1.82) is 0 Å². The average molecular weight is 417 g/mol. The number of aromatic nitrogens is 2. The lowest BCUT2D eigenvalue weighted by Gasteiger charge is -2.15. The van der Waals surface area contributed by atoms with Crippen LogP contribution in [0.2, 0.25) is 0 Å². The molecule has 0 unspecified atom stereocenters. The Morgan fingerprint density at radius 1 is 0.719 bits per heavy atom. The molecule has 2 heterocycles. The highest BCUT2D eigenvalue weighted by Gasteiger charge is 2.18. The number of pyridine rings is 2. The number of benzene rings is 3. The van der Waals surface area contributed by atoms with Gasteiger partial charge in [-0.15, -0.1) is 0 Å². The van der Waals surface area contributed by atoms with Gasteiger partial charge < -0.3 is 10.4 Å². The minimum Gasteiger partial charge on any atom is -0.508 e. The van der Waals surface area contributed by atoms with E-state index in [0.29, 0.717) is 16.8 Å². The van der Waals surface area contributed by atoms with Crippen LogP contribution in [0.5, 0.6) is 5.75 Å². The van der Waals surface area contributed by atoms with Crippen LogP contribution >= 0.6 is 0 Å². The van der Waals surface area contributed by atoms with Crippen LogP contribution in [-0.4, -0.2) is 21.0 Å². The lowest BCUT2D eigenvalue weighted by molar-refractivity contribution is 0.102. The molecule has 0 radical (unpaired) electrons. The molecule has 154 valence electrons. The highest BCUT2D eigenvalue weighted by Crippen LogP contribution is 2.36. The maximum absolute atomic E-state index is 13.4. The van der Waals surface area contributed by atoms with Crippen LogP contribution in [0.15, 0.2) is 103 Å². The number of aromatic hydroxyl groups is 1. The summed E-state index contributed by atoms with van der Waals surface area (Å²) in [6, 6.07) is 27.6. The summed E-state index contributed by atoms with van der Waals surface area (Å²) >= 11 is 0. The monoisotopic (exact) mass is 417 g/mol. The SMILES string of the molecule is O=C(Nc1cccc2cccnc12)c1ccccc1-c1cc(O)ccc1-c1ccccn1. The van der Waals surface area contributed by atoms with Gasteiger partial charge in [0.25, 0.3) is 5.91 Å². The van der Waals surface area contributed by atoms with Gasteiger partial charge in [0.1, 0.15) is 5.75 Å². The number of hydrogen-bond donors (Lipinski definition) is 2. The van der Waals surface area contributed by atoms with E-state index in [1.807, 2.05) is 72.8 Å². The third-order valence-corrected chi connectivity index (χ3v) is 5.29. The summed E-state index contributed by atoms with van der Waals surface area (Å²) in [4.78, 5) is 22.2. The summed E-state index contributed by atoms with van der Waals surface area (Å²) in [6.45, 7) is 0. The van der Waals surface area contributed by atoms with Crippen molar-refractivity contribution in [3.8, 4) is 28.1 Å². The van der Waals surface area contributed by atoms with E-state index in [4.69, 9.17) is 0 Å². The first-order valence-electron chi connectivity index (χ1n) is 10.2. The molecule has 0 saturated heterocycles.